The molecule has 4 bridgehead atoms. The SMILES string of the molecule is COc1ccc(C23C[C@H]4C[C@@H](CC(C(=O)NC5CCCC5)(C4)C2)C3)cc1. The van der Waals surface area contributed by atoms with Crippen LogP contribution in [-0.2, 0) is 10.2 Å². The fourth-order valence-electron chi connectivity index (χ4n) is 7.22. The molecule has 140 valence electrons. The highest BCUT2D eigenvalue weighted by Crippen LogP contribution is 2.65. The molecule has 0 unspecified atom stereocenters. The first kappa shape index (κ1) is 16.6. The standard InChI is InChI=1S/C23H31NO2/c1-26-20-8-6-18(7-9-20)22-11-16-10-17(12-22)14-23(13-16,15-22)21(25)24-19-4-2-3-5-19/h6-9,16-17,19H,2-5,10-15H2,1H3,(H,24,25)/t16-,17-,22?,23?/m1/s1. The number of benzene rings is 1. The molecule has 0 spiro atoms. The maximum atomic E-state index is 13.4. The molecule has 26 heavy (non-hydrogen) atoms. The van der Waals surface area contributed by atoms with Gasteiger partial charge in [0.1, 0.15) is 5.75 Å². The highest BCUT2D eigenvalue weighted by molar-refractivity contribution is 5.84. The minimum absolute atomic E-state index is 0.105. The molecule has 5 fully saturated rings. The molecule has 0 heterocycles. The van der Waals surface area contributed by atoms with Crippen molar-refractivity contribution in [3.8, 4) is 5.75 Å². The number of methoxy groups -OCH3 is 1. The summed E-state index contributed by atoms with van der Waals surface area (Å²) < 4.78 is 5.36. The van der Waals surface area contributed by atoms with Crippen LogP contribution in [0.4, 0.5) is 0 Å². The van der Waals surface area contributed by atoms with Crippen LogP contribution in [0.1, 0.15) is 69.8 Å². The van der Waals surface area contributed by atoms with Gasteiger partial charge in [-0.2, -0.15) is 0 Å². The van der Waals surface area contributed by atoms with Gasteiger partial charge in [0.2, 0.25) is 5.91 Å². The summed E-state index contributed by atoms with van der Waals surface area (Å²) in [4.78, 5) is 13.4. The van der Waals surface area contributed by atoms with E-state index in [2.05, 4.69) is 29.6 Å². The predicted octanol–water partition coefficient (Wildman–Crippen LogP) is 4.59. The number of ether oxygens (including phenoxy) is 1. The van der Waals surface area contributed by atoms with E-state index >= 15 is 0 Å². The van der Waals surface area contributed by atoms with Gasteiger partial charge in [0, 0.05) is 6.04 Å². The zero-order valence-electron chi connectivity index (χ0n) is 15.9. The molecule has 3 heteroatoms. The summed E-state index contributed by atoms with van der Waals surface area (Å²) in [6.07, 6.45) is 12.1. The van der Waals surface area contributed by atoms with Gasteiger partial charge in [0.15, 0.2) is 0 Å². The molecule has 0 saturated heterocycles. The molecule has 5 aliphatic rings. The van der Waals surface area contributed by atoms with E-state index in [0.717, 1.165) is 36.8 Å². The van der Waals surface area contributed by atoms with Crippen LogP contribution in [0.25, 0.3) is 0 Å². The third-order valence-corrected chi connectivity index (χ3v) is 7.94. The Balaban J connectivity index is 1.44. The Hall–Kier alpha value is -1.51. The van der Waals surface area contributed by atoms with Gasteiger partial charge in [-0.3, -0.25) is 4.79 Å². The van der Waals surface area contributed by atoms with E-state index in [0.29, 0.717) is 11.9 Å². The van der Waals surface area contributed by atoms with Gasteiger partial charge < -0.3 is 10.1 Å². The third-order valence-electron chi connectivity index (χ3n) is 7.94. The summed E-state index contributed by atoms with van der Waals surface area (Å²) in [6, 6.07) is 9.15. The molecule has 5 saturated carbocycles. The molecular formula is C23H31NO2. The van der Waals surface area contributed by atoms with Gasteiger partial charge in [-0.15, -0.1) is 0 Å². The van der Waals surface area contributed by atoms with Crippen molar-refractivity contribution < 1.29 is 9.53 Å². The average Bonchev–Trinajstić information content (AvgIpc) is 3.14. The number of carbonyl (C=O) groups is 1. The minimum Gasteiger partial charge on any atom is -0.497 e. The first-order valence-corrected chi connectivity index (χ1v) is 10.6. The number of nitrogens with one attached hydrogen (secondary N) is 1. The fraction of sp³-hybridized carbons (Fsp3) is 0.696. The average molecular weight is 354 g/mol. The first-order valence-electron chi connectivity index (χ1n) is 10.6. The molecule has 1 N–H and O–H groups in total. The van der Waals surface area contributed by atoms with E-state index in [4.69, 9.17) is 4.74 Å². The van der Waals surface area contributed by atoms with E-state index < -0.39 is 0 Å². The Bertz CT molecular complexity index is 675. The Morgan fingerprint density at radius 2 is 1.69 bits per heavy atom. The van der Waals surface area contributed by atoms with E-state index in [1.54, 1.807) is 7.11 Å². The van der Waals surface area contributed by atoms with Crippen LogP contribution in [0.2, 0.25) is 0 Å². The van der Waals surface area contributed by atoms with Crippen LogP contribution >= 0.6 is 0 Å². The lowest BCUT2D eigenvalue weighted by Crippen LogP contribution is -2.59. The Morgan fingerprint density at radius 3 is 2.31 bits per heavy atom. The quantitative estimate of drug-likeness (QED) is 0.859. The number of hydrogen-bond acceptors (Lipinski definition) is 2. The molecular weight excluding hydrogens is 322 g/mol. The third kappa shape index (κ3) is 2.58. The maximum absolute atomic E-state index is 13.4. The topological polar surface area (TPSA) is 38.3 Å². The number of amides is 1. The summed E-state index contributed by atoms with van der Waals surface area (Å²) in [6.45, 7) is 0. The van der Waals surface area contributed by atoms with Crippen LogP contribution in [0.15, 0.2) is 24.3 Å². The highest BCUT2D eigenvalue weighted by Gasteiger charge is 2.61. The molecule has 3 nitrogen and oxygen atoms in total. The molecule has 5 aliphatic carbocycles. The molecule has 0 aromatic heterocycles. The summed E-state index contributed by atoms with van der Waals surface area (Å²) in [5.41, 5.74) is 1.54. The Morgan fingerprint density at radius 1 is 1.04 bits per heavy atom. The van der Waals surface area contributed by atoms with Crippen molar-refractivity contribution >= 4 is 5.91 Å². The van der Waals surface area contributed by atoms with Gasteiger partial charge in [-0.05, 0) is 86.3 Å². The second-order valence-corrected chi connectivity index (χ2v) is 9.71. The van der Waals surface area contributed by atoms with Crippen molar-refractivity contribution in [3.05, 3.63) is 29.8 Å². The first-order chi connectivity index (χ1) is 12.6. The van der Waals surface area contributed by atoms with E-state index in [1.165, 1.54) is 50.5 Å². The largest absolute Gasteiger partial charge is 0.497 e. The zero-order valence-corrected chi connectivity index (χ0v) is 15.9. The predicted molar refractivity (Wildman–Crippen MR) is 102 cm³/mol. The number of hydrogen-bond donors (Lipinski definition) is 1. The lowest BCUT2D eigenvalue weighted by atomic mass is 9.42. The second-order valence-electron chi connectivity index (χ2n) is 9.71. The Kier molecular flexibility index (Phi) is 3.84. The number of carbonyl (C=O) groups excluding carboxylic acids is 1. The van der Waals surface area contributed by atoms with Gasteiger partial charge in [0.05, 0.1) is 12.5 Å². The Labute approximate surface area is 156 Å². The maximum Gasteiger partial charge on any atom is 0.226 e. The van der Waals surface area contributed by atoms with Crippen molar-refractivity contribution in [2.45, 2.75) is 75.7 Å². The lowest BCUT2D eigenvalue weighted by Gasteiger charge is -2.61. The van der Waals surface area contributed by atoms with E-state index in [9.17, 15) is 4.79 Å². The summed E-state index contributed by atoms with van der Waals surface area (Å²) >= 11 is 0. The van der Waals surface area contributed by atoms with Crippen LogP contribution in [-0.4, -0.2) is 19.1 Å². The van der Waals surface area contributed by atoms with Crippen molar-refractivity contribution in [1.82, 2.24) is 5.32 Å². The highest BCUT2D eigenvalue weighted by atomic mass is 16.5. The van der Waals surface area contributed by atoms with Gasteiger partial charge in [-0.25, -0.2) is 0 Å². The molecule has 0 aliphatic heterocycles. The normalized spacial score (nSPS) is 38.5. The summed E-state index contributed by atoms with van der Waals surface area (Å²) in [5.74, 6) is 2.77. The van der Waals surface area contributed by atoms with Crippen molar-refractivity contribution in [2.24, 2.45) is 17.3 Å². The molecule has 1 aromatic carbocycles. The van der Waals surface area contributed by atoms with E-state index in [1.807, 2.05) is 0 Å². The van der Waals surface area contributed by atoms with Gasteiger partial charge in [-0.1, -0.05) is 25.0 Å². The second kappa shape index (κ2) is 6.00. The zero-order chi connectivity index (χ0) is 17.8. The summed E-state index contributed by atoms with van der Waals surface area (Å²) in [7, 11) is 1.72. The van der Waals surface area contributed by atoms with Crippen LogP contribution in [0.3, 0.4) is 0 Å². The lowest BCUT2D eigenvalue weighted by molar-refractivity contribution is -0.149. The monoisotopic (exact) mass is 353 g/mol. The van der Waals surface area contributed by atoms with Crippen LogP contribution in [0, 0.1) is 17.3 Å². The molecule has 1 aromatic rings. The van der Waals surface area contributed by atoms with Crippen LogP contribution in [0.5, 0.6) is 5.75 Å². The smallest absolute Gasteiger partial charge is 0.226 e. The van der Waals surface area contributed by atoms with Crippen molar-refractivity contribution in [1.29, 1.82) is 0 Å². The minimum atomic E-state index is -0.105. The fourth-order valence-corrected chi connectivity index (χ4v) is 7.22. The molecule has 1 amide bonds. The van der Waals surface area contributed by atoms with E-state index in [-0.39, 0.29) is 10.8 Å². The summed E-state index contributed by atoms with van der Waals surface area (Å²) in [5, 5.41) is 3.46. The van der Waals surface area contributed by atoms with Crippen LogP contribution < -0.4 is 10.1 Å². The van der Waals surface area contributed by atoms with Gasteiger partial charge >= 0.3 is 0 Å². The molecule has 0 radical (unpaired) electrons. The molecule has 2 atom stereocenters. The van der Waals surface area contributed by atoms with Crippen molar-refractivity contribution in [2.75, 3.05) is 7.11 Å². The van der Waals surface area contributed by atoms with Gasteiger partial charge in [0.25, 0.3) is 0 Å². The van der Waals surface area contributed by atoms with Crippen molar-refractivity contribution in [3.63, 3.8) is 0 Å². The molecule has 6 rings (SSSR count). The number of rotatable bonds is 4.